The van der Waals surface area contributed by atoms with Crippen LogP contribution in [0.2, 0.25) is 0 Å². The Morgan fingerprint density at radius 2 is 2.00 bits per heavy atom. The summed E-state index contributed by atoms with van der Waals surface area (Å²) in [7, 11) is 0. The lowest BCUT2D eigenvalue weighted by Gasteiger charge is -2.28. The van der Waals surface area contributed by atoms with E-state index in [-0.39, 0.29) is 5.91 Å². The number of rotatable bonds is 6. The van der Waals surface area contributed by atoms with Crippen LogP contribution in [0, 0.1) is 5.41 Å². The second kappa shape index (κ2) is 5.78. The van der Waals surface area contributed by atoms with Gasteiger partial charge in [-0.05, 0) is 6.42 Å². The normalized spacial score (nSPS) is 11.1. The van der Waals surface area contributed by atoms with Crippen molar-refractivity contribution in [1.29, 1.82) is 0 Å². The summed E-state index contributed by atoms with van der Waals surface area (Å²) in [5.74, 6) is 0.0494. The fourth-order valence-corrected chi connectivity index (χ4v) is 1.23. The molecule has 3 nitrogen and oxygen atoms in total. The summed E-state index contributed by atoms with van der Waals surface area (Å²) in [5, 5.41) is 0. The maximum atomic E-state index is 11.3. The first-order valence-corrected chi connectivity index (χ1v) is 5.15. The van der Waals surface area contributed by atoms with Crippen LogP contribution in [0.15, 0.2) is 0 Å². The smallest absolute Gasteiger partial charge is 0.219 e. The summed E-state index contributed by atoms with van der Waals surface area (Å²) in [6.07, 6.45) is 2.97. The number of hydrogen-bond donors (Lipinski definition) is 0. The van der Waals surface area contributed by atoms with Crippen molar-refractivity contribution in [2.24, 2.45) is 5.41 Å². The molecule has 0 aromatic carbocycles. The Bertz CT molecular complexity index is 199. The van der Waals surface area contributed by atoms with Crippen LogP contribution in [0.3, 0.4) is 0 Å². The zero-order valence-electron chi connectivity index (χ0n) is 9.67. The van der Waals surface area contributed by atoms with Crippen molar-refractivity contribution < 1.29 is 9.59 Å². The maximum Gasteiger partial charge on any atom is 0.219 e. The Balaban J connectivity index is 4.22. The summed E-state index contributed by atoms with van der Waals surface area (Å²) >= 11 is 0. The fraction of sp³-hybridized carbons (Fsp3) is 0.818. The second-order valence-electron chi connectivity index (χ2n) is 4.40. The predicted molar refractivity (Wildman–Crippen MR) is 57.0 cm³/mol. The number of unbranched alkanes of at least 4 members (excludes halogenated alkanes) is 1. The van der Waals surface area contributed by atoms with Crippen LogP contribution in [-0.2, 0) is 9.59 Å². The average Bonchev–Trinajstić information content (AvgIpc) is 2.12. The Morgan fingerprint density at radius 3 is 2.36 bits per heavy atom. The van der Waals surface area contributed by atoms with E-state index in [1.54, 1.807) is 11.8 Å². The van der Waals surface area contributed by atoms with Crippen molar-refractivity contribution in [3.63, 3.8) is 0 Å². The van der Waals surface area contributed by atoms with Crippen molar-refractivity contribution in [3.8, 4) is 0 Å². The second-order valence-corrected chi connectivity index (χ2v) is 4.40. The molecule has 0 aromatic heterocycles. The molecule has 0 N–H and O–H groups in total. The lowest BCUT2D eigenvalue weighted by molar-refractivity contribution is -0.131. The van der Waals surface area contributed by atoms with E-state index in [1.165, 1.54) is 0 Å². The minimum absolute atomic E-state index is 0.0494. The van der Waals surface area contributed by atoms with Crippen LogP contribution in [-0.4, -0.2) is 30.2 Å². The minimum Gasteiger partial charge on any atom is -0.342 e. The van der Waals surface area contributed by atoms with Crippen molar-refractivity contribution in [1.82, 2.24) is 4.90 Å². The number of hydrogen-bond acceptors (Lipinski definition) is 2. The van der Waals surface area contributed by atoms with E-state index < -0.39 is 5.41 Å². The predicted octanol–water partition coefficient (Wildman–Crippen LogP) is 1.86. The summed E-state index contributed by atoms with van der Waals surface area (Å²) in [4.78, 5) is 23.7. The van der Waals surface area contributed by atoms with Gasteiger partial charge in [-0.25, -0.2) is 0 Å². The van der Waals surface area contributed by atoms with E-state index in [1.807, 2.05) is 13.8 Å². The number of aldehydes is 1. The van der Waals surface area contributed by atoms with Crippen molar-refractivity contribution >= 4 is 12.2 Å². The van der Waals surface area contributed by atoms with Gasteiger partial charge in [-0.1, -0.05) is 27.2 Å². The van der Waals surface area contributed by atoms with Crippen molar-refractivity contribution in [2.75, 3.05) is 13.1 Å². The van der Waals surface area contributed by atoms with Gasteiger partial charge in [0.05, 0.1) is 0 Å². The third-order valence-corrected chi connectivity index (χ3v) is 2.14. The first-order valence-electron chi connectivity index (χ1n) is 5.15. The molecule has 82 valence electrons. The van der Waals surface area contributed by atoms with Gasteiger partial charge >= 0.3 is 0 Å². The molecule has 3 heteroatoms. The van der Waals surface area contributed by atoms with E-state index in [2.05, 4.69) is 6.92 Å². The monoisotopic (exact) mass is 199 g/mol. The van der Waals surface area contributed by atoms with E-state index in [9.17, 15) is 9.59 Å². The summed E-state index contributed by atoms with van der Waals surface area (Å²) in [6.45, 7) is 8.61. The lowest BCUT2D eigenvalue weighted by atomic mass is 9.95. The first-order chi connectivity index (χ1) is 6.43. The van der Waals surface area contributed by atoms with Gasteiger partial charge in [0.25, 0.3) is 0 Å². The Kier molecular flexibility index (Phi) is 5.43. The molecule has 0 bridgehead atoms. The quantitative estimate of drug-likeness (QED) is 0.612. The molecule has 0 atom stereocenters. The van der Waals surface area contributed by atoms with E-state index in [0.717, 1.165) is 25.7 Å². The highest BCUT2D eigenvalue weighted by Gasteiger charge is 2.22. The van der Waals surface area contributed by atoms with Gasteiger partial charge in [-0.15, -0.1) is 0 Å². The van der Waals surface area contributed by atoms with Crippen LogP contribution < -0.4 is 0 Å². The third-order valence-electron chi connectivity index (χ3n) is 2.14. The highest BCUT2D eigenvalue weighted by atomic mass is 16.2. The van der Waals surface area contributed by atoms with Gasteiger partial charge in [-0.2, -0.15) is 0 Å². The molecule has 0 radical (unpaired) electrons. The molecule has 1 amide bonds. The van der Waals surface area contributed by atoms with Gasteiger partial charge < -0.3 is 9.69 Å². The third kappa shape index (κ3) is 5.00. The SMILES string of the molecule is CCCCN(CC(C)(C)C=O)C(C)=O. The first kappa shape index (κ1) is 13.1. The van der Waals surface area contributed by atoms with Gasteiger partial charge in [-0.3, -0.25) is 4.79 Å². The van der Waals surface area contributed by atoms with Crippen LogP contribution in [0.5, 0.6) is 0 Å². The zero-order chi connectivity index (χ0) is 11.2. The number of amides is 1. The molecule has 0 aromatic rings. The van der Waals surface area contributed by atoms with Crippen LogP contribution in [0.25, 0.3) is 0 Å². The highest BCUT2D eigenvalue weighted by molar-refractivity contribution is 5.74. The molecule has 0 aliphatic carbocycles. The van der Waals surface area contributed by atoms with Crippen molar-refractivity contribution in [2.45, 2.75) is 40.5 Å². The fourth-order valence-electron chi connectivity index (χ4n) is 1.23. The zero-order valence-corrected chi connectivity index (χ0v) is 9.67. The maximum absolute atomic E-state index is 11.3. The lowest BCUT2D eigenvalue weighted by Crippen LogP contribution is -2.38. The average molecular weight is 199 g/mol. The molecule has 0 rings (SSSR count). The highest BCUT2D eigenvalue weighted by Crippen LogP contribution is 2.13. The molecule has 0 heterocycles. The van der Waals surface area contributed by atoms with E-state index in [4.69, 9.17) is 0 Å². The van der Waals surface area contributed by atoms with E-state index >= 15 is 0 Å². The van der Waals surface area contributed by atoms with Crippen LogP contribution in [0.1, 0.15) is 40.5 Å². The van der Waals surface area contributed by atoms with Gasteiger partial charge in [0.1, 0.15) is 6.29 Å². The number of carbonyl (C=O) groups is 2. The summed E-state index contributed by atoms with van der Waals surface area (Å²) in [5.41, 5.74) is -0.431. The molecule has 0 spiro atoms. The van der Waals surface area contributed by atoms with Crippen LogP contribution >= 0.6 is 0 Å². The Morgan fingerprint density at radius 1 is 1.43 bits per heavy atom. The topological polar surface area (TPSA) is 37.4 Å². The minimum atomic E-state index is -0.431. The van der Waals surface area contributed by atoms with Crippen molar-refractivity contribution in [3.05, 3.63) is 0 Å². The van der Waals surface area contributed by atoms with Gasteiger partial charge in [0.2, 0.25) is 5.91 Å². The summed E-state index contributed by atoms with van der Waals surface area (Å²) in [6, 6.07) is 0. The van der Waals surface area contributed by atoms with Crippen LogP contribution in [0.4, 0.5) is 0 Å². The number of carbonyl (C=O) groups excluding carboxylic acids is 2. The molecule has 0 aliphatic rings. The number of nitrogens with zero attached hydrogens (tertiary/aromatic N) is 1. The Hall–Kier alpha value is -0.860. The van der Waals surface area contributed by atoms with Gasteiger partial charge in [0, 0.05) is 25.4 Å². The molecular weight excluding hydrogens is 178 g/mol. The molecule has 0 saturated heterocycles. The largest absolute Gasteiger partial charge is 0.342 e. The molecule has 0 aliphatic heterocycles. The Labute approximate surface area is 86.5 Å². The molecule has 0 saturated carbocycles. The van der Waals surface area contributed by atoms with Gasteiger partial charge in [0.15, 0.2) is 0 Å². The standard InChI is InChI=1S/C11H21NO2/c1-5-6-7-12(10(2)14)8-11(3,4)9-13/h9H,5-8H2,1-4H3. The molecular formula is C11H21NO2. The molecule has 0 unspecified atom stereocenters. The summed E-state index contributed by atoms with van der Waals surface area (Å²) < 4.78 is 0. The van der Waals surface area contributed by atoms with E-state index in [0.29, 0.717) is 6.54 Å². The molecule has 14 heavy (non-hydrogen) atoms. The molecule has 0 fully saturated rings.